The molecule has 4 nitrogen and oxygen atoms in total. The van der Waals surface area contributed by atoms with Crippen molar-refractivity contribution in [1.29, 1.82) is 0 Å². The lowest BCUT2D eigenvalue weighted by Gasteiger charge is -2.28. The first kappa shape index (κ1) is 16.4. The van der Waals surface area contributed by atoms with E-state index in [1.807, 2.05) is 18.3 Å². The zero-order valence-electron chi connectivity index (χ0n) is 13.2. The van der Waals surface area contributed by atoms with Gasteiger partial charge in [-0.1, -0.05) is 25.8 Å². The predicted molar refractivity (Wildman–Crippen MR) is 84.0 cm³/mol. The molecule has 21 heavy (non-hydrogen) atoms. The number of hydrogen-bond acceptors (Lipinski definition) is 4. The van der Waals surface area contributed by atoms with Crippen LogP contribution in [0.25, 0.3) is 0 Å². The van der Waals surface area contributed by atoms with Gasteiger partial charge in [-0.3, -0.25) is 4.98 Å². The molecule has 1 saturated carbocycles. The Kier molecular flexibility index (Phi) is 6.61. The summed E-state index contributed by atoms with van der Waals surface area (Å²) in [7, 11) is 0. The van der Waals surface area contributed by atoms with Gasteiger partial charge in [0.05, 0.1) is 18.8 Å². The summed E-state index contributed by atoms with van der Waals surface area (Å²) in [5, 5.41) is 13.4. The molecule has 1 aliphatic rings. The third-order valence-electron chi connectivity index (χ3n) is 4.26. The van der Waals surface area contributed by atoms with Crippen molar-refractivity contribution in [1.82, 2.24) is 10.3 Å². The highest BCUT2D eigenvalue weighted by atomic mass is 16.5. The number of aliphatic hydroxyl groups excluding tert-OH is 1. The minimum absolute atomic E-state index is 0.183. The van der Waals surface area contributed by atoms with Gasteiger partial charge >= 0.3 is 0 Å². The second-order valence-electron chi connectivity index (χ2n) is 6.30. The van der Waals surface area contributed by atoms with E-state index in [0.717, 1.165) is 24.3 Å². The third kappa shape index (κ3) is 5.73. The maximum atomic E-state index is 10.0. The van der Waals surface area contributed by atoms with Crippen molar-refractivity contribution in [2.24, 2.45) is 5.92 Å². The topological polar surface area (TPSA) is 54.4 Å². The number of nitrogens with zero attached hydrogens (tertiary/aromatic N) is 1. The Hall–Kier alpha value is -0.970. The number of aliphatic hydroxyl groups is 1. The monoisotopic (exact) mass is 292 g/mol. The molecule has 1 heterocycles. The Bertz CT molecular complexity index is 399. The molecule has 3 unspecified atom stereocenters. The molecule has 0 bridgehead atoms. The second-order valence-corrected chi connectivity index (χ2v) is 6.30. The van der Waals surface area contributed by atoms with Gasteiger partial charge in [0, 0.05) is 25.0 Å². The quantitative estimate of drug-likeness (QED) is 0.811. The van der Waals surface area contributed by atoms with E-state index in [4.69, 9.17) is 4.74 Å². The van der Waals surface area contributed by atoms with Crippen molar-refractivity contribution in [2.75, 3.05) is 13.2 Å². The Morgan fingerprint density at radius 1 is 1.48 bits per heavy atom. The summed E-state index contributed by atoms with van der Waals surface area (Å²) in [4.78, 5) is 4.11. The van der Waals surface area contributed by atoms with Crippen molar-refractivity contribution in [2.45, 2.75) is 57.8 Å². The minimum Gasteiger partial charge on any atom is -0.389 e. The molecule has 1 fully saturated rings. The largest absolute Gasteiger partial charge is 0.389 e. The molecule has 0 aliphatic heterocycles. The third-order valence-corrected chi connectivity index (χ3v) is 4.26. The molecule has 4 heteroatoms. The summed E-state index contributed by atoms with van der Waals surface area (Å²) in [5.41, 5.74) is 1.13. The fraction of sp³-hybridized carbons (Fsp3) is 0.706. The zero-order chi connectivity index (χ0) is 15.1. The molecular formula is C17H28N2O2. The van der Waals surface area contributed by atoms with E-state index in [9.17, 15) is 5.11 Å². The van der Waals surface area contributed by atoms with E-state index >= 15 is 0 Å². The molecule has 0 saturated heterocycles. The van der Waals surface area contributed by atoms with Gasteiger partial charge in [0.25, 0.3) is 0 Å². The number of aromatic nitrogens is 1. The van der Waals surface area contributed by atoms with E-state index in [1.54, 1.807) is 6.20 Å². The first-order valence-corrected chi connectivity index (χ1v) is 8.08. The fourth-order valence-corrected chi connectivity index (χ4v) is 2.90. The average molecular weight is 292 g/mol. The minimum atomic E-state index is -0.457. The maximum absolute atomic E-state index is 10.0. The zero-order valence-corrected chi connectivity index (χ0v) is 13.2. The Labute approximate surface area is 127 Å². The van der Waals surface area contributed by atoms with Gasteiger partial charge in [0.1, 0.15) is 0 Å². The van der Waals surface area contributed by atoms with Gasteiger partial charge < -0.3 is 15.2 Å². The molecule has 1 aliphatic carbocycles. The van der Waals surface area contributed by atoms with E-state index in [0.29, 0.717) is 19.3 Å². The molecule has 0 aromatic carbocycles. The normalized spacial score (nSPS) is 25.5. The highest BCUT2D eigenvalue weighted by Crippen LogP contribution is 2.25. The molecule has 118 valence electrons. The van der Waals surface area contributed by atoms with Crippen LogP contribution in [0.15, 0.2) is 24.5 Å². The van der Waals surface area contributed by atoms with Crippen LogP contribution in [0.4, 0.5) is 0 Å². The standard InChI is InChI=1S/C17H28N2O2/c1-13-5-3-7-17(9-13)21-12-16(20)11-19-14(2)15-6-4-8-18-10-15/h4,6,8,10,13-14,16-17,19-20H,3,5,7,9,11-12H2,1-2H3/t13?,14-,16?,17?/m1/s1. The summed E-state index contributed by atoms with van der Waals surface area (Å²) in [6, 6.07) is 4.15. The van der Waals surface area contributed by atoms with Crippen LogP contribution in [0, 0.1) is 5.92 Å². The second kappa shape index (κ2) is 8.47. The molecule has 0 amide bonds. The summed E-state index contributed by atoms with van der Waals surface area (Å²) in [6.45, 7) is 5.32. The average Bonchev–Trinajstić information content (AvgIpc) is 2.51. The first-order valence-electron chi connectivity index (χ1n) is 8.08. The highest BCUT2D eigenvalue weighted by Gasteiger charge is 2.20. The van der Waals surface area contributed by atoms with Crippen LogP contribution in [0.5, 0.6) is 0 Å². The van der Waals surface area contributed by atoms with Crippen LogP contribution in [-0.2, 0) is 4.74 Å². The Balaban J connectivity index is 1.64. The van der Waals surface area contributed by atoms with Crippen molar-refractivity contribution >= 4 is 0 Å². The van der Waals surface area contributed by atoms with Gasteiger partial charge in [-0.25, -0.2) is 0 Å². The smallest absolute Gasteiger partial charge is 0.0898 e. The number of ether oxygens (including phenoxy) is 1. The maximum Gasteiger partial charge on any atom is 0.0898 e. The van der Waals surface area contributed by atoms with Crippen molar-refractivity contribution in [3.8, 4) is 0 Å². The Morgan fingerprint density at radius 2 is 2.33 bits per heavy atom. The molecule has 2 N–H and O–H groups in total. The molecule has 1 aromatic rings. The van der Waals surface area contributed by atoms with Gasteiger partial charge in [-0.05, 0) is 37.3 Å². The number of rotatable bonds is 7. The van der Waals surface area contributed by atoms with Gasteiger partial charge in [0.15, 0.2) is 0 Å². The summed E-state index contributed by atoms with van der Waals surface area (Å²) in [5.74, 6) is 0.754. The van der Waals surface area contributed by atoms with Crippen LogP contribution in [-0.4, -0.2) is 35.5 Å². The SMILES string of the molecule is CC1CCCC(OCC(O)CN[C@H](C)c2cccnc2)C1. The first-order chi connectivity index (χ1) is 10.1. The van der Waals surface area contributed by atoms with Gasteiger partial charge in [-0.2, -0.15) is 0 Å². The highest BCUT2D eigenvalue weighted by molar-refractivity contribution is 5.12. The van der Waals surface area contributed by atoms with Gasteiger partial charge in [0.2, 0.25) is 0 Å². The molecule has 0 spiro atoms. The van der Waals surface area contributed by atoms with E-state index in [-0.39, 0.29) is 6.04 Å². The van der Waals surface area contributed by atoms with Crippen LogP contribution in [0.2, 0.25) is 0 Å². The van der Waals surface area contributed by atoms with Crippen LogP contribution in [0.3, 0.4) is 0 Å². The van der Waals surface area contributed by atoms with Crippen molar-refractivity contribution in [3.05, 3.63) is 30.1 Å². The predicted octanol–water partition coefficient (Wildman–Crippen LogP) is 2.69. The van der Waals surface area contributed by atoms with E-state index in [1.165, 1.54) is 12.8 Å². The molecule has 4 atom stereocenters. The van der Waals surface area contributed by atoms with Crippen LogP contribution < -0.4 is 5.32 Å². The van der Waals surface area contributed by atoms with Crippen LogP contribution >= 0.6 is 0 Å². The summed E-state index contributed by atoms with van der Waals surface area (Å²) < 4.78 is 5.85. The lowest BCUT2D eigenvalue weighted by Crippen LogP contribution is -2.34. The molecule has 1 aromatic heterocycles. The Morgan fingerprint density at radius 3 is 3.05 bits per heavy atom. The number of pyridine rings is 1. The molecular weight excluding hydrogens is 264 g/mol. The van der Waals surface area contributed by atoms with Crippen molar-refractivity contribution in [3.63, 3.8) is 0 Å². The van der Waals surface area contributed by atoms with Gasteiger partial charge in [-0.15, -0.1) is 0 Å². The summed E-state index contributed by atoms with van der Waals surface area (Å²) in [6.07, 6.45) is 8.32. The number of nitrogens with one attached hydrogen (secondary N) is 1. The van der Waals surface area contributed by atoms with E-state index in [2.05, 4.69) is 24.1 Å². The molecule has 0 radical (unpaired) electrons. The summed E-state index contributed by atoms with van der Waals surface area (Å²) >= 11 is 0. The molecule has 2 rings (SSSR count). The van der Waals surface area contributed by atoms with Crippen LogP contribution in [0.1, 0.15) is 51.1 Å². The number of hydrogen-bond donors (Lipinski definition) is 2. The van der Waals surface area contributed by atoms with Crippen molar-refractivity contribution < 1.29 is 9.84 Å². The fourth-order valence-electron chi connectivity index (χ4n) is 2.90. The lowest BCUT2D eigenvalue weighted by molar-refractivity contribution is -0.0310. The van der Waals surface area contributed by atoms with E-state index < -0.39 is 6.10 Å². The lowest BCUT2D eigenvalue weighted by atomic mass is 9.89.